The van der Waals surface area contributed by atoms with E-state index >= 15 is 0 Å². The summed E-state index contributed by atoms with van der Waals surface area (Å²) in [7, 11) is 0. The zero-order chi connectivity index (χ0) is 30.1. The van der Waals surface area contributed by atoms with E-state index in [0.717, 1.165) is 11.1 Å². The van der Waals surface area contributed by atoms with E-state index in [0.29, 0.717) is 50.1 Å². The van der Waals surface area contributed by atoms with Gasteiger partial charge in [-0.15, -0.1) is 0 Å². The van der Waals surface area contributed by atoms with Crippen molar-refractivity contribution in [2.75, 3.05) is 13.2 Å². The molecule has 1 aliphatic heterocycles. The second kappa shape index (κ2) is 14.7. The molecule has 3 aromatic rings. The number of para-hydroxylation sites is 1. The molecule has 0 fully saturated rings. The maximum absolute atomic E-state index is 12.7. The number of amides is 1. The smallest absolute Gasteiger partial charge is 0.338 e. The van der Waals surface area contributed by atoms with Crippen LogP contribution in [0.5, 0.6) is 11.5 Å². The van der Waals surface area contributed by atoms with Gasteiger partial charge in [0.05, 0.1) is 34.5 Å². The minimum atomic E-state index is -0.619. The molecule has 0 bridgehead atoms. The Morgan fingerprint density at radius 3 is 2.55 bits per heavy atom. The second-order valence-corrected chi connectivity index (χ2v) is 10.2. The van der Waals surface area contributed by atoms with Crippen molar-refractivity contribution < 1.29 is 23.8 Å². The standard InChI is InChI=1S/C30H28Cl2N4O5S/c1-3-39-29(38)27-18(2)34-30(42)35-28(27)22-6-4-5-7-25(22)41-17-26(37)36-33-15-19-8-11-21(12-9-19)40-16-20-10-13-23(31)24(32)14-20/h4-15,28H,3,16-17H2,1-2H3,(H,36,37)(H2,34,35,42)/t28-/m0/s1. The van der Waals surface area contributed by atoms with Gasteiger partial charge in [0, 0.05) is 11.3 Å². The van der Waals surface area contributed by atoms with Crippen LogP contribution in [0.4, 0.5) is 0 Å². The van der Waals surface area contributed by atoms with Crippen molar-refractivity contribution in [2.45, 2.75) is 26.5 Å². The number of nitrogens with one attached hydrogen (secondary N) is 3. The van der Waals surface area contributed by atoms with Crippen LogP contribution in [-0.2, 0) is 20.9 Å². The lowest BCUT2D eigenvalue weighted by Crippen LogP contribution is -2.45. The average molecular weight is 628 g/mol. The molecule has 9 nitrogen and oxygen atoms in total. The van der Waals surface area contributed by atoms with Crippen molar-refractivity contribution in [3.63, 3.8) is 0 Å². The predicted molar refractivity (Wildman–Crippen MR) is 166 cm³/mol. The Morgan fingerprint density at radius 1 is 1.05 bits per heavy atom. The maximum atomic E-state index is 12.7. The van der Waals surface area contributed by atoms with Gasteiger partial charge in [-0.05, 0) is 79.7 Å². The highest BCUT2D eigenvalue weighted by Crippen LogP contribution is 2.33. The molecule has 0 spiro atoms. The van der Waals surface area contributed by atoms with Gasteiger partial charge in [-0.25, -0.2) is 10.2 Å². The molecular weight excluding hydrogens is 599 g/mol. The minimum absolute atomic E-state index is 0.226. The molecule has 4 rings (SSSR count). The molecule has 0 aliphatic carbocycles. The zero-order valence-corrected chi connectivity index (χ0v) is 25.1. The van der Waals surface area contributed by atoms with Crippen LogP contribution in [0, 0.1) is 0 Å². The van der Waals surface area contributed by atoms with Crippen molar-refractivity contribution in [2.24, 2.45) is 5.10 Å². The van der Waals surface area contributed by atoms with E-state index in [-0.39, 0.29) is 13.2 Å². The van der Waals surface area contributed by atoms with Crippen LogP contribution in [-0.4, -0.2) is 36.4 Å². The molecule has 1 heterocycles. The van der Waals surface area contributed by atoms with E-state index in [2.05, 4.69) is 21.2 Å². The van der Waals surface area contributed by atoms with E-state index in [9.17, 15) is 9.59 Å². The van der Waals surface area contributed by atoms with Crippen LogP contribution < -0.4 is 25.5 Å². The molecule has 3 N–H and O–H groups in total. The lowest BCUT2D eigenvalue weighted by atomic mass is 9.95. The fourth-order valence-corrected chi connectivity index (χ4v) is 4.65. The Hall–Kier alpha value is -4.12. The predicted octanol–water partition coefficient (Wildman–Crippen LogP) is 5.46. The Balaban J connectivity index is 1.32. The van der Waals surface area contributed by atoms with Gasteiger partial charge in [0.15, 0.2) is 11.7 Å². The summed E-state index contributed by atoms with van der Waals surface area (Å²) in [4.78, 5) is 25.2. The summed E-state index contributed by atoms with van der Waals surface area (Å²) in [6, 6.07) is 19.0. The van der Waals surface area contributed by atoms with Crippen molar-refractivity contribution in [1.82, 2.24) is 16.1 Å². The van der Waals surface area contributed by atoms with Gasteiger partial charge in [0.25, 0.3) is 5.91 Å². The monoisotopic (exact) mass is 626 g/mol. The highest BCUT2D eigenvalue weighted by atomic mass is 35.5. The van der Waals surface area contributed by atoms with E-state index in [1.165, 1.54) is 6.21 Å². The third-order valence-electron chi connectivity index (χ3n) is 6.03. The fraction of sp³-hybridized carbons (Fsp3) is 0.200. The van der Waals surface area contributed by atoms with Gasteiger partial charge in [-0.3, -0.25) is 4.79 Å². The number of hydrazone groups is 1. The number of halogens is 2. The Kier molecular flexibility index (Phi) is 10.8. The van der Waals surface area contributed by atoms with Crippen molar-refractivity contribution in [1.29, 1.82) is 0 Å². The van der Waals surface area contributed by atoms with Crippen molar-refractivity contribution >= 4 is 58.6 Å². The summed E-state index contributed by atoms with van der Waals surface area (Å²) in [5, 5.41) is 11.4. The molecule has 1 amide bonds. The largest absolute Gasteiger partial charge is 0.489 e. The zero-order valence-electron chi connectivity index (χ0n) is 22.8. The molecular formula is C30H28Cl2N4O5S. The molecule has 0 saturated heterocycles. The number of benzene rings is 3. The highest BCUT2D eigenvalue weighted by molar-refractivity contribution is 7.80. The lowest BCUT2D eigenvalue weighted by molar-refractivity contribution is -0.139. The summed E-state index contributed by atoms with van der Waals surface area (Å²) in [6.45, 7) is 3.75. The highest BCUT2D eigenvalue weighted by Gasteiger charge is 2.32. The molecule has 0 saturated carbocycles. The van der Waals surface area contributed by atoms with Crippen LogP contribution in [0.2, 0.25) is 10.0 Å². The molecule has 1 atom stereocenters. The first-order valence-corrected chi connectivity index (χ1v) is 14.1. The van der Waals surface area contributed by atoms with Gasteiger partial charge in [0.2, 0.25) is 0 Å². The van der Waals surface area contributed by atoms with Gasteiger partial charge in [-0.2, -0.15) is 5.10 Å². The molecule has 0 radical (unpaired) electrons. The van der Waals surface area contributed by atoms with E-state index in [1.807, 2.05) is 6.07 Å². The summed E-state index contributed by atoms with van der Waals surface area (Å²) < 4.78 is 16.8. The molecule has 3 aromatic carbocycles. The van der Waals surface area contributed by atoms with Crippen LogP contribution in [0.3, 0.4) is 0 Å². The number of nitrogens with zero attached hydrogens (tertiary/aromatic N) is 1. The summed E-state index contributed by atoms with van der Waals surface area (Å²) in [6.07, 6.45) is 1.51. The number of hydrogen-bond donors (Lipinski definition) is 3. The van der Waals surface area contributed by atoms with Crippen molar-refractivity contribution in [3.8, 4) is 11.5 Å². The molecule has 42 heavy (non-hydrogen) atoms. The number of ether oxygens (including phenoxy) is 3. The minimum Gasteiger partial charge on any atom is -0.489 e. The van der Waals surface area contributed by atoms with Crippen LogP contribution in [0.15, 0.2) is 83.1 Å². The Bertz CT molecular complexity index is 1530. The quantitative estimate of drug-likeness (QED) is 0.111. The molecule has 1 aliphatic rings. The first-order valence-electron chi connectivity index (χ1n) is 12.9. The van der Waals surface area contributed by atoms with Crippen LogP contribution in [0.1, 0.15) is 36.6 Å². The summed E-state index contributed by atoms with van der Waals surface area (Å²) >= 11 is 17.3. The summed E-state index contributed by atoms with van der Waals surface area (Å²) in [5.74, 6) is 0.128. The third kappa shape index (κ3) is 8.22. The normalized spacial score (nSPS) is 14.7. The fourth-order valence-electron chi connectivity index (χ4n) is 4.06. The third-order valence-corrected chi connectivity index (χ3v) is 6.98. The summed E-state index contributed by atoms with van der Waals surface area (Å²) in [5.41, 5.74) is 5.68. The van der Waals surface area contributed by atoms with Crippen molar-refractivity contribution in [3.05, 3.63) is 105 Å². The number of thiocarbonyl (C=S) groups is 1. The van der Waals surface area contributed by atoms with Gasteiger partial charge < -0.3 is 24.8 Å². The lowest BCUT2D eigenvalue weighted by Gasteiger charge is -2.30. The maximum Gasteiger partial charge on any atom is 0.338 e. The number of hydrogen-bond acceptors (Lipinski definition) is 7. The second-order valence-electron chi connectivity index (χ2n) is 9.02. The SMILES string of the molecule is CCOC(=O)C1=C(C)NC(=S)N[C@H]1c1ccccc1OCC(=O)NN=Cc1ccc(OCc2ccc(Cl)c(Cl)c2)cc1. The Morgan fingerprint density at radius 2 is 1.81 bits per heavy atom. The Labute approximate surface area is 258 Å². The van der Waals surface area contributed by atoms with E-state index in [4.69, 9.17) is 49.6 Å². The van der Waals surface area contributed by atoms with Gasteiger partial charge in [0.1, 0.15) is 18.1 Å². The van der Waals surface area contributed by atoms with E-state index < -0.39 is 17.9 Å². The average Bonchev–Trinajstić information content (AvgIpc) is 2.97. The molecule has 12 heteroatoms. The molecule has 218 valence electrons. The van der Waals surface area contributed by atoms with Gasteiger partial charge >= 0.3 is 5.97 Å². The van der Waals surface area contributed by atoms with Crippen LogP contribution in [0.25, 0.3) is 0 Å². The molecule has 0 unspecified atom stereocenters. The number of esters is 1. The number of carbonyl (C=O) groups is 2. The van der Waals surface area contributed by atoms with Gasteiger partial charge in [-0.1, -0.05) is 47.5 Å². The topological polar surface area (TPSA) is 110 Å². The number of carbonyl (C=O) groups excluding carboxylic acids is 2. The number of allylic oxidation sites excluding steroid dienone is 1. The first kappa shape index (κ1) is 30.8. The first-order chi connectivity index (χ1) is 20.2. The van der Waals surface area contributed by atoms with Crippen LogP contribution >= 0.6 is 35.4 Å². The number of rotatable bonds is 11. The molecule has 0 aromatic heterocycles. The van der Waals surface area contributed by atoms with E-state index in [1.54, 1.807) is 74.5 Å².